The summed E-state index contributed by atoms with van der Waals surface area (Å²) >= 11 is 5.18. The van der Waals surface area contributed by atoms with Crippen molar-refractivity contribution in [3.05, 3.63) is 30.3 Å². The van der Waals surface area contributed by atoms with Gasteiger partial charge in [-0.1, -0.05) is 18.2 Å². The first kappa shape index (κ1) is 12.9. The Morgan fingerprint density at radius 2 is 1.94 bits per heavy atom. The molecule has 0 spiro atoms. The molecule has 0 bridgehead atoms. The molecule has 0 amide bonds. The fourth-order valence-electron chi connectivity index (χ4n) is 1.29. The number of rotatable bonds is 5. The quantitative estimate of drug-likeness (QED) is 0.604. The van der Waals surface area contributed by atoms with Gasteiger partial charge in [0.25, 0.3) is 0 Å². The Balaban J connectivity index is 2.17. The zero-order chi connectivity index (χ0) is 11.8. The maximum absolute atomic E-state index is 5.18. The number of anilines is 1. The van der Waals surface area contributed by atoms with Crippen LogP contribution in [-0.4, -0.2) is 37.2 Å². The molecule has 4 heteroatoms. The third kappa shape index (κ3) is 5.68. The molecule has 1 rings (SSSR count). The van der Waals surface area contributed by atoms with Gasteiger partial charge in [-0.05, 0) is 51.4 Å². The van der Waals surface area contributed by atoms with Gasteiger partial charge in [-0.25, -0.2) is 0 Å². The van der Waals surface area contributed by atoms with E-state index in [1.54, 1.807) is 0 Å². The molecule has 0 unspecified atom stereocenters. The number of hydrogen-bond donors (Lipinski definition) is 2. The molecule has 0 fully saturated rings. The van der Waals surface area contributed by atoms with Crippen LogP contribution in [0.15, 0.2) is 30.3 Å². The van der Waals surface area contributed by atoms with E-state index in [1.807, 2.05) is 30.3 Å². The first-order valence-electron chi connectivity index (χ1n) is 5.43. The number of hydrogen-bond acceptors (Lipinski definition) is 2. The predicted octanol–water partition coefficient (Wildman–Crippen LogP) is 1.92. The largest absolute Gasteiger partial charge is 0.362 e. The van der Waals surface area contributed by atoms with Crippen LogP contribution in [-0.2, 0) is 0 Å². The molecule has 1 aromatic rings. The third-order valence-corrected chi connectivity index (χ3v) is 2.35. The standard InChI is InChI=1S/C12H19N3S/c1-15(2)10-6-9-13-12(16)14-11-7-4-3-5-8-11/h3-5,7-8H,6,9-10H2,1-2H3,(H2,13,14,16). The number of nitrogens with one attached hydrogen (secondary N) is 2. The number of nitrogens with zero attached hydrogens (tertiary/aromatic N) is 1. The smallest absolute Gasteiger partial charge is 0.170 e. The summed E-state index contributed by atoms with van der Waals surface area (Å²) in [7, 11) is 4.14. The highest BCUT2D eigenvalue weighted by Crippen LogP contribution is 2.04. The van der Waals surface area contributed by atoms with Crippen molar-refractivity contribution < 1.29 is 0 Å². The minimum Gasteiger partial charge on any atom is -0.362 e. The van der Waals surface area contributed by atoms with Crippen LogP contribution in [0.2, 0.25) is 0 Å². The molecule has 0 atom stereocenters. The van der Waals surface area contributed by atoms with Crippen LogP contribution in [0.25, 0.3) is 0 Å². The van der Waals surface area contributed by atoms with Crippen LogP contribution >= 0.6 is 12.2 Å². The van der Waals surface area contributed by atoms with Crippen LogP contribution in [0.1, 0.15) is 6.42 Å². The molecule has 2 N–H and O–H groups in total. The van der Waals surface area contributed by atoms with Crippen molar-refractivity contribution in [1.29, 1.82) is 0 Å². The van der Waals surface area contributed by atoms with Crippen LogP contribution in [0.5, 0.6) is 0 Å². The third-order valence-electron chi connectivity index (χ3n) is 2.10. The first-order chi connectivity index (χ1) is 7.68. The maximum Gasteiger partial charge on any atom is 0.170 e. The lowest BCUT2D eigenvalue weighted by atomic mass is 10.3. The zero-order valence-electron chi connectivity index (χ0n) is 9.86. The van der Waals surface area contributed by atoms with E-state index in [-0.39, 0.29) is 0 Å². The Hall–Kier alpha value is -1.13. The fraction of sp³-hybridized carbons (Fsp3) is 0.417. The number of thiocarbonyl (C=S) groups is 1. The molecule has 0 aliphatic carbocycles. The highest BCUT2D eigenvalue weighted by molar-refractivity contribution is 7.80. The average molecular weight is 237 g/mol. The molecular formula is C12H19N3S. The van der Waals surface area contributed by atoms with Crippen LogP contribution in [0, 0.1) is 0 Å². The minimum atomic E-state index is 0.685. The van der Waals surface area contributed by atoms with Gasteiger partial charge in [0, 0.05) is 12.2 Å². The maximum atomic E-state index is 5.18. The summed E-state index contributed by atoms with van der Waals surface area (Å²) in [6.07, 6.45) is 1.09. The van der Waals surface area contributed by atoms with Crippen molar-refractivity contribution in [1.82, 2.24) is 10.2 Å². The summed E-state index contributed by atoms with van der Waals surface area (Å²) in [6, 6.07) is 9.94. The van der Waals surface area contributed by atoms with E-state index < -0.39 is 0 Å². The van der Waals surface area contributed by atoms with Crippen molar-refractivity contribution in [3.8, 4) is 0 Å². The summed E-state index contributed by atoms with van der Waals surface area (Å²) in [5.41, 5.74) is 1.02. The van der Waals surface area contributed by atoms with E-state index in [9.17, 15) is 0 Å². The van der Waals surface area contributed by atoms with Crippen molar-refractivity contribution in [2.45, 2.75) is 6.42 Å². The number of benzene rings is 1. The first-order valence-corrected chi connectivity index (χ1v) is 5.84. The second-order valence-electron chi connectivity index (χ2n) is 3.90. The Bertz CT molecular complexity index is 311. The summed E-state index contributed by atoms with van der Waals surface area (Å²) in [5, 5.41) is 7.00. The molecule has 1 aromatic carbocycles. The molecular weight excluding hydrogens is 218 g/mol. The lowest BCUT2D eigenvalue weighted by Gasteiger charge is -2.12. The van der Waals surface area contributed by atoms with E-state index in [4.69, 9.17) is 12.2 Å². The summed E-state index contributed by atoms with van der Waals surface area (Å²) in [6.45, 7) is 1.97. The average Bonchev–Trinajstić information content (AvgIpc) is 2.25. The van der Waals surface area contributed by atoms with Crippen molar-refractivity contribution in [3.63, 3.8) is 0 Å². The molecule has 0 heterocycles. The van der Waals surface area contributed by atoms with Gasteiger partial charge in [0.15, 0.2) is 5.11 Å². The van der Waals surface area contributed by atoms with E-state index in [1.165, 1.54) is 0 Å². The zero-order valence-corrected chi connectivity index (χ0v) is 10.7. The van der Waals surface area contributed by atoms with Gasteiger partial charge < -0.3 is 15.5 Å². The van der Waals surface area contributed by atoms with E-state index in [0.29, 0.717) is 5.11 Å². The molecule has 16 heavy (non-hydrogen) atoms. The lowest BCUT2D eigenvalue weighted by molar-refractivity contribution is 0.400. The molecule has 0 aromatic heterocycles. The summed E-state index contributed by atoms with van der Waals surface area (Å²) in [4.78, 5) is 2.16. The second-order valence-corrected chi connectivity index (χ2v) is 4.31. The fourth-order valence-corrected chi connectivity index (χ4v) is 1.51. The SMILES string of the molecule is CN(C)CCCNC(=S)Nc1ccccc1. The second kappa shape index (κ2) is 7.19. The van der Waals surface area contributed by atoms with Gasteiger partial charge in [0.05, 0.1) is 0 Å². The monoisotopic (exact) mass is 237 g/mol. The Labute approximate surface area is 103 Å². The Morgan fingerprint density at radius 1 is 1.25 bits per heavy atom. The number of para-hydroxylation sites is 1. The minimum absolute atomic E-state index is 0.685. The van der Waals surface area contributed by atoms with E-state index >= 15 is 0 Å². The van der Waals surface area contributed by atoms with Crippen molar-refractivity contribution in [2.24, 2.45) is 0 Å². The van der Waals surface area contributed by atoms with Gasteiger partial charge in [-0.15, -0.1) is 0 Å². The normalized spacial score (nSPS) is 10.2. The van der Waals surface area contributed by atoms with Crippen molar-refractivity contribution >= 4 is 23.0 Å². The summed E-state index contributed by atoms with van der Waals surface area (Å²) < 4.78 is 0. The highest BCUT2D eigenvalue weighted by Gasteiger charge is 1.96. The van der Waals surface area contributed by atoms with Gasteiger partial charge >= 0.3 is 0 Å². The molecule has 0 radical (unpaired) electrons. The molecule has 88 valence electrons. The topological polar surface area (TPSA) is 27.3 Å². The lowest BCUT2D eigenvalue weighted by Crippen LogP contribution is -2.30. The van der Waals surface area contributed by atoms with E-state index in [0.717, 1.165) is 25.2 Å². The van der Waals surface area contributed by atoms with Crippen LogP contribution in [0.3, 0.4) is 0 Å². The molecule has 0 saturated carbocycles. The van der Waals surface area contributed by atoms with Gasteiger partial charge in [0.2, 0.25) is 0 Å². The predicted molar refractivity (Wildman–Crippen MR) is 73.8 cm³/mol. The highest BCUT2D eigenvalue weighted by atomic mass is 32.1. The molecule has 3 nitrogen and oxygen atoms in total. The van der Waals surface area contributed by atoms with Gasteiger partial charge in [-0.3, -0.25) is 0 Å². The molecule has 0 aliphatic heterocycles. The van der Waals surface area contributed by atoms with Crippen molar-refractivity contribution in [2.75, 3.05) is 32.5 Å². The molecule has 0 saturated heterocycles. The van der Waals surface area contributed by atoms with E-state index in [2.05, 4.69) is 29.6 Å². The summed E-state index contributed by atoms with van der Waals surface area (Å²) in [5.74, 6) is 0. The molecule has 0 aliphatic rings. The van der Waals surface area contributed by atoms with Crippen LogP contribution < -0.4 is 10.6 Å². The Kier molecular flexibility index (Phi) is 5.82. The Morgan fingerprint density at radius 3 is 2.56 bits per heavy atom. The van der Waals surface area contributed by atoms with Gasteiger partial charge in [0.1, 0.15) is 0 Å². The van der Waals surface area contributed by atoms with Crippen LogP contribution in [0.4, 0.5) is 5.69 Å². The van der Waals surface area contributed by atoms with Gasteiger partial charge in [-0.2, -0.15) is 0 Å².